The van der Waals surface area contributed by atoms with Crippen LogP contribution in [0, 0.1) is 0 Å². The van der Waals surface area contributed by atoms with E-state index in [4.69, 9.17) is 9.88 Å². The highest BCUT2D eigenvalue weighted by Gasteiger charge is 2.45. The molecule has 1 saturated heterocycles. The van der Waals surface area contributed by atoms with Gasteiger partial charge in [-0.2, -0.15) is 8.42 Å². The summed E-state index contributed by atoms with van der Waals surface area (Å²) in [5.74, 6) is -0.0975. The molecular weight excluding hydrogens is 444 g/mol. The molecule has 3 aromatic heterocycles. The molecule has 0 unspecified atom stereocenters. The van der Waals surface area contributed by atoms with Crippen LogP contribution in [0.4, 0.5) is 0 Å². The molecule has 0 bridgehead atoms. The summed E-state index contributed by atoms with van der Waals surface area (Å²) < 4.78 is 33.4. The summed E-state index contributed by atoms with van der Waals surface area (Å²) in [4.78, 5) is 29.0. The van der Waals surface area contributed by atoms with Gasteiger partial charge < -0.3 is 14.9 Å². The van der Waals surface area contributed by atoms with Crippen LogP contribution in [-0.2, 0) is 25.6 Å². The van der Waals surface area contributed by atoms with Crippen LogP contribution in [-0.4, -0.2) is 73.8 Å². The van der Waals surface area contributed by atoms with Gasteiger partial charge in [-0.3, -0.25) is 18.5 Å². The number of ketones is 1. The number of pyridine rings is 1. The number of fused-ring (bicyclic) bond motifs is 1. The Morgan fingerprint density at radius 2 is 2.06 bits per heavy atom. The fourth-order valence-electron chi connectivity index (χ4n) is 3.43. The number of ether oxygens (including phenoxy) is 1. The van der Waals surface area contributed by atoms with Gasteiger partial charge in [-0.15, -0.1) is 0 Å². The Balaban J connectivity index is 1.52. The highest BCUT2D eigenvalue weighted by Crippen LogP contribution is 2.32. The first-order valence-corrected chi connectivity index (χ1v) is 11.0. The second-order valence-electron chi connectivity index (χ2n) is 7.13. The summed E-state index contributed by atoms with van der Waals surface area (Å²) in [6, 6.07) is 3.36. The summed E-state index contributed by atoms with van der Waals surface area (Å²) in [5, 5.41) is 25.4. The van der Waals surface area contributed by atoms with E-state index in [1.807, 2.05) is 0 Å². The molecule has 170 valence electrons. The second kappa shape index (κ2) is 8.93. The van der Waals surface area contributed by atoms with E-state index in [0.29, 0.717) is 28.8 Å². The lowest BCUT2D eigenvalue weighted by Gasteiger charge is -2.16. The van der Waals surface area contributed by atoms with Gasteiger partial charge in [-0.1, -0.05) is 0 Å². The molecule has 1 aliphatic rings. The number of aliphatic hydroxyl groups is 2. The molecule has 0 spiro atoms. The van der Waals surface area contributed by atoms with Gasteiger partial charge in [-0.25, -0.2) is 20.1 Å². The van der Waals surface area contributed by atoms with E-state index >= 15 is 0 Å². The molecule has 1 fully saturated rings. The minimum absolute atomic E-state index is 0.0975. The maximum Gasteiger partial charge on any atom is 0.333 e. The van der Waals surface area contributed by atoms with Crippen molar-refractivity contribution in [2.75, 3.05) is 6.61 Å². The van der Waals surface area contributed by atoms with Crippen molar-refractivity contribution in [1.29, 1.82) is 0 Å². The molecule has 0 radical (unpaired) electrons. The number of carbonyl (C=O) groups is 1. The first-order valence-electron chi connectivity index (χ1n) is 9.53. The van der Waals surface area contributed by atoms with Gasteiger partial charge in [0, 0.05) is 24.4 Å². The minimum atomic E-state index is -4.24. The zero-order chi connectivity index (χ0) is 22.9. The highest BCUT2D eigenvalue weighted by molar-refractivity contribution is 7.84. The van der Waals surface area contributed by atoms with E-state index in [1.54, 1.807) is 18.3 Å². The van der Waals surface area contributed by atoms with E-state index < -0.39 is 41.5 Å². The highest BCUT2D eigenvalue weighted by atomic mass is 32.2. The maximum atomic E-state index is 12.4. The quantitative estimate of drug-likeness (QED) is 0.342. The van der Waals surface area contributed by atoms with E-state index in [2.05, 4.69) is 24.1 Å². The second-order valence-corrected chi connectivity index (χ2v) is 8.35. The third-order valence-corrected chi connectivity index (χ3v) is 5.48. The Morgan fingerprint density at radius 3 is 2.78 bits per heavy atom. The van der Waals surface area contributed by atoms with Gasteiger partial charge >= 0.3 is 10.3 Å². The van der Waals surface area contributed by atoms with Crippen molar-refractivity contribution in [3.63, 3.8) is 0 Å². The summed E-state index contributed by atoms with van der Waals surface area (Å²) in [6.45, 7) is -0.573. The Labute approximate surface area is 182 Å². The van der Waals surface area contributed by atoms with Crippen LogP contribution in [0.3, 0.4) is 0 Å². The summed E-state index contributed by atoms with van der Waals surface area (Å²) in [5.41, 5.74) is 1.73. The number of imidazole rings is 1. The molecule has 14 heteroatoms. The Morgan fingerprint density at radius 1 is 1.25 bits per heavy atom. The van der Waals surface area contributed by atoms with Crippen LogP contribution in [0.5, 0.6) is 0 Å². The zero-order valence-corrected chi connectivity index (χ0v) is 17.4. The van der Waals surface area contributed by atoms with E-state index in [0.717, 1.165) is 0 Å². The molecule has 1 aliphatic heterocycles. The van der Waals surface area contributed by atoms with E-state index in [9.17, 15) is 23.4 Å². The van der Waals surface area contributed by atoms with Crippen LogP contribution in [0.25, 0.3) is 11.2 Å². The number of aromatic nitrogens is 5. The molecule has 4 heterocycles. The molecule has 32 heavy (non-hydrogen) atoms. The van der Waals surface area contributed by atoms with Gasteiger partial charge in [-0.05, 0) is 18.6 Å². The van der Waals surface area contributed by atoms with Gasteiger partial charge in [0.2, 0.25) is 0 Å². The monoisotopic (exact) mass is 464 g/mol. The Kier molecular flexibility index (Phi) is 6.23. The lowest BCUT2D eigenvalue weighted by atomic mass is 10.1. The van der Waals surface area contributed by atoms with Crippen molar-refractivity contribution >= 4 is 27.3 Å². The van der Waals surface area contributed by atoms with Crippen molar-refractivity contribution in [2.45, 2.75) is 37.4 Å². The summed E-state index contributed by atoms with van der Waals surface area (Å²) in [6.07, 6.45) is 1.10. The van der Waals surface area contributed by atoms with Gasteiger partial charge in [0.15, 0.2) is 17.7 Å². The lowest BCUT2D eigenvalue weighted by molar-refractivity contribution is -0.0467. The number of carbonyl (C=O) groups excluding carboxylic acids is 1. The molecule has 13 nitrogen and oxygen atoms in total. The molecule has 0 aromatic carbocycles. The van der Waals surface area contributed by atoms with Crippen molar-refractivity contribution in [3.8, 4) is 0 Å². The normalized spacial score (nSPS) is 23.6. The number of aliphatic hydroxyl groups excluding tert-OH is 2. The zero-order valence-electron chi connectivity index (χ0n) is 16.6. The first kappa shape index (κ1) is 22.3. The molecule has 0 saturated carbocycles. The van der Waals surface area contributed by atoms with Crippen molar-refractivity contribution in [1.82, 2.24) is 24.5 Å². The fourth-order valence-corrected chi connectivity index (χ4v) is 3.76. The van der Waals surface area contributed by atoms with Crippen LogP contribution in [0.1, 0.15) is 28.7 Å². The SMILES string of the molecule is NS(=O)(=O)OC[C@H]1O[C@@H](n2cnc3c(CCC(=O)c4cccnc4)ncnc32)[C@H](O)[C@@H]1O. The predicted molar refractivity (Wildman–Crippen MR) is 107 cm³/mol. The average Bonchev–Trinajstić information content (AvgIpc) is 3.32. The van der Waals surface area contributed by atoms with Crippen LogP contribution in [0.2, 0.25) is 0 Å². The molecule has 0 aliphatic carbocycles. The standard InChI is InChI=1S/C18H20N6O7S/c19-32(28,29)30-7-13-15(26)16(27)18(31-13)24-9-23-14-11(21-8-22-17(14)24)3-4-12(25)10-2-1-5-20-6-10/h1-2,5-6,8-9,13,15-16,18,26-27H,3-4,7H2,(H2,19,28,29)/t13-,15-,16-,18-/m1/s1. The number of nitrogens with two attached hydrogens (primary N) is 1. The fraction of sp³-hybridized carbons (Fsp3) is 0.389. The summed E-state index contributed by atoms with van der Waals surface area (Å²) in [7, 11) is -4.24. The Bertz CT molecular complexity index is 1220. The number of aryl methyl sites for hydroxylation is 1. The van der Waals surface area contributed by atoms with Crippen LogP contribution in [0.15, 0.2) is 37.2 Å². The lowest BCUT2D eigenvalue weighted by Crippen LogP contribution is -2.35. The number of nitrogens with zero attached hydrogens (tertiary/aromatic N) is 5. The average molecular weight is 464 g/mol. The van der Waals surface area contributed by atoms with Gasteiger partial charge in [0.1, 0.15) is 30.2 Å². The number of rotatable bonds is 8. The number of hydrogen-bond donors (Lipinski definition) is 3. The van der Waals surface area contributed by atoms with Crippen LogP contribution < -0.4 is 5.14 Å². The topological polar surface area (TPSA) is 193 Å². The summed E-state index contributed by atoms with van der Waals surface area (Å²) >= 11 is 0. The molecule has 3 aromatic rings. The van der Waals surface area contributed by atoms with Crippen LogP contribution >= 0.6 is 0 Å². The molecule has 4 N–H and O–H groups in total. The van der Waals surface area contributed by atoms with E-state index in [1.165, 1.54) is 23.4 Å². The smallest absolute Gasteiger partial charge is 0.333 e. The number of Topliss-reactive ketones (excluding diaryl/α,β-unsaturated/α-hetero) is 1. The van der Waals surface area contributed by atoms with Gasteiger partial charge in [0.25, 0.3) is 0 Å². The van der Waals surface area contributed by atoms with Crippen molar-refractivity contribution < 1.29 is 32.3 Å². The molecule has 0 amide bonds. The predicted octanol–water partition coefficient (Wildman–Crippen LogP) is -1.12. The maximum absolute atomic E-state index is 12.4. The van der Waals surface area contributed by atoms with Crippen molar-refractivity contribution in [2.24, 2.45) is 5.14 Å². The minimum Gasteiger partial charge on any atom is -0.387 e. The third-order valence-electron chi connectivity index (χ3n) is 5.01. The van der Waals surface area contributed by atoms with Crippen molar-refractivity contribution in [3.05, 3.63) is 48.4 Å². The largest absolute Gasteiger partial charge is 0.387 e. The number of hydrogen-bond acceptors (Lipinski definition) is 11. The first-order chi connectivity index (χ1) is 15.2. The molecular formula is C18H20N6O7S. The molecule has 4 rings (SSSR count). The Hall–Kier alpha value is -2.88. The third kappa shape index (κ3) is 4.64. The van der Waals surface area contributed by atoms with Gasteiger partial charge in [0.05, 0.1) is 18.6 Å². The van der Waals surface area contributed by atoms with E-state index in [-0.39, 0.29) is 12.2 Å². The molecule has 4 atom stereocenters.